The first-order valence-electron chi connectivity index (χ1n) is 15.5. The molecule has 0 aromatic carbocycles. The maximum atomic E-state index is 13.5. The van der Waals surface area contributed by atoms with Gasteiger partial charge in [-0.15, -0.1) is 0 Å². The highest BCUT2D eigenvalue weighted by molar-refractivity contribution is 5.92. The highest BCUT2D eigenvalue weighted by atomic mass is 17.1. The van der Waals surface area contributed by atoms with Crippen LogP contribution in [0.15, 0.2) is 11.6 Å². The molecular weight excluding hydrogens is 546 g/mol. The number of Topliss-reactive ketones (excluding diaryl/α,β-unsaturated/α-hetero) is 1. The molecule has 12 nitrogen and oxygen atoms in total. The van der Waals surface area contributed by atoms with Crippen LogP contribution in [0.1, 0.15) is 65.2 Å². The van der Waals surface area contributed by atoms with Crippen LogP contribution < -0.4 is 0 Å². The zero-order chi connectivity index (χ0) is 30.3. The van der Waals surface area contributed by atoms with E-state index >= 15 is 0 Å². The van der Waals surface area contributed by atoms with E-state index in [0.717, 1.165) is 44.5 Å². The van der Waals surface area contributed by atoms with Crippen LogP contribution in [0.3, 0.4) is 0 Å². The Morgan fingerprint density at radius 1 is 1.07 bits per heavy atom. The number of ketones is 2. The number of aliphatic hydroxyl groups excluding tert-OH is 1. The van der Waals surface area contributed by atoms with Gasteiger partial charge in [0.05, 0.1) is 24.6 Å². The summed E-state index contributed by atoms with van der Waals surface area (Å²) in [5, 5.41) is 40.3. The number of esters is 1. The quantitative estimate of drug-likeness (QED) is 0.164. The summed E-state index contributed by atoms with van der Waals surface area (Å²) in [5.41, 5.74) is -1.57. The molecule has 0 amide bonds. The lowest BCUT2D eigenvalue weighted by Crippen LogP contribution is -2.62. The van der Waals surface area contributed by atoms with Gasteiger partial charge in [-0.25, -0.2) is 0 Å². The van der Waals surface area contributed by atoms with Crippen LogP contribution in [0, 0.1) is 28.6 Å². The molecule has 5 aliphatic rings. The third-order valence-corrected chi connectivity index (χ3v) is 11.5. The zero-order valence-corrected chi connectivity index (χ0v) is 24.9. The van der Waals surface area contributed by atoms with Crippen molar-refractivity contribution in [3.05, 3.63) is 11.6 Å². The molecule has 4 fully saturated rings. The fourth-order valence-corrected chi connectivity index (χ4v) is 9.25. The molecule has 4 aliphatic carbocycles. The van der Waals surface area contributed by atoms with Crippen LogP contribution in [-0.4, -0.2) is 118 Å². The average molecular weight is 594 g/mol. The van der Waals surface area contributed by atoms with Crippen LogP contribution >= 0.6 is 0 Å². The smallest absolute Gasteiger partial charge is 0.320 e. The van der Waals surface area contributed by atoms with Gasteiger partial charge in [0.2, 0.25) is 5.78 Å². The predicted octanol–water partition coefficient (Wildman–Crippen LogP) is 1.35. The maximum Gasteiger partial charge on any atom is 0.320 e. The van der Waals surface area contributed by atoms with Gasteiger partial charge in [0.1, 0.15) is 5.60 Å². The SMILES string of the molecule is C[C@]12CCC(=O)C=C1CCC1C2[C@@H](O)C[C@@]2(C)C1CC[C@]2(O)C(=O)COC(=O)CN1CCN(CCCON(O)O)CC1. The molecule has 12 heteroatoms. The van der Waals surface area contributed by atoms with Gasteiger partial charge in [0.15, 0.2) is 12.4 Å². The number of hydrogen-bond acceptors (Lipinski definition) is 12. The first-order valence-corrected chi connectivity index (χ1v) is 15.5. The molecule has 0 aromatic rings. The minimum absolute atomic E-state index is 0.000741. The van der Waals surface area contributed by atoms with Crippen molar-refractivity contribution in [1.29, 1.82) is 0 Å². The Kier molecular flexibility index (Phi) is 9.28. The summed E-state index contributed by atoms with van der Waals surface area (Å²) in [6.07, 6.45) is 5.88. The molecule has 7 atom stereocenters. The Bertz CT molecular complexity index is 1080. The van der Waals surface area contributed by atoms with Crippen molar-refractivity contribution in [2.45, 2.75) is 76.9 Å². The van der Waals surface area contributed by atoms with Crippen LogP contribution in [0.5, 0.6) is 0 Å². The van der Waals surface area contributed by atoms with E-state index in [-0.39, 0.29) is 47.5 Å². The van der Waals surface area contributed by atoms with E-state index < -0.39 is 35.5 Å². The van der Waals surface area contributed by atoms with Crippen molar-refractivity contribution in [1.82, 2.24) is 15.2 Å². The van der Waals surface area contributed by atoms with Crippen molar-refractivity contribution in [3.8, 4) is 0 Å². The number of allylic oxidation sites excluding steroid dienone is 1. The summed E-state index contributed by atoms with van der Waals surface area (Å²) in [7, 11) is 0. The number of ether oxygens (including phenoxy) is 1. The summed E-state index contributed by atoms with van der Waals surface area (Å²) >= 11 is 0. The van der Waals surface area contributed by atoms with Crippen LogP contribution in [-0.2, 0) is 24.0 Å². The molecule has 0 aromatic heterocycles. The molecule has 3 unspecified atom stereocenters. The summed E-state index contributed by atoms with van der Waals surface area (Å²) in [6, 6.07) is 0. The third-order valence-electron chi connectivity index (χ3n) is 11.5. The Balaban J connectivity index is 1.13. The molecule has 3 saturated carbocycles. The molecule has 0 radical (unpaired) electrons. The number of carbonyl (C=O) groups excluding carboxylic acids is 3. The monoisotopic (exact) mass is 593 g/mol. The molecular formula is C30H47N3O9. The highest BCUT2D eigenvalue weighted by Gasteiger charge is 2.68. The van der Waals surface area contributed by atoms with E-state index in [1.54, 1.807) is 6.08 Å². The fourth-order valence-electron chi connectivity index (χ4n) is 9.25. The first kappa shape index (κ1) is 31.6. The third kappa shape index (κ3) is 5.84. The zero-order valence-electron chi connectivity index (χ0n) is 24.9. The van der Waals surface area contributed by atoms with Crippen LogP contribution in [0.4, 0.5) is 0 Å². The van der Waals surface area contributed by atoms with Gasteiger partial charge >= 0.3 is 5.97 Å². The number of carbonyl (C=O) groups is 3. The van der Waals surface area contributed by atoms with Crippen molar-refractivity contribution < 1.29 is 44.6 Å². The Labute approximate surface area is 247 Å². The predicted molar refractivity (Wildman–Crippen MR) is 148 cm³/mol. The molecule has 0 bridgehead atoms. The molecule has 1 heterocycles. The molecule has 0 spiro atoms. The van der Waals surface area contributed by atoms with Gasteiger partial charge in [-0.2, -0.15) is 0 Å². The molecule has 5 rings (SSSR count). The van der Waals surface area contributed by atoms with E-state index in [9.17, 15) is 24.6 Å². The number of aliphatic hydroxyl groups is 2. The van der Waals surface area contributed by atoms with E-state index in [4.69, 9.17) is 15.2 Å². The minimum atomic E-state index is -1.66. The van der Waals surface area contributed by atoms with Gasteiger partial charge < -0.3 is 19.8 Å². The van der Waals surface area contributed by atoms with Crippen LogP contribution in [0.25, 0.3) is 0 Å². The van der Waals surface area contributed by atoms with Gasteiger partial charge in [-0.3, -0.25) is 34.5 Å². The number of piperazine rings is 1. The molecule has 4 N–H and O–H groups in total. The van der Waals surface area contributed by atoms with Gasteiger partial charge in [0, 0.05) is 44.6 Å². The molecule has 1 saturated heterocycles. The second-order valence-electron chi connectivity index (χ2n) is 13.6. The normalized spacial score (nSPS) is 38.9. The number of hydrogen-bond donors (Lipinski definition) is 4. The Morgan fingerprint density at radius 3 is 2.50 bits per heavy atom. The van der Waals surface area contributed by atoms with Crippen molar-refractivity contribution in [3.63, 3.8) is 0 Å². The lowest BCUT2D eigenvalue weighted by molar-refractivity contribution is -0.492. The number of fused-ring (bicyclic) bond motifs is 5. The minimum Gasteiger partial charge on any atom is -0.457 e. The van der Waals surface area contributed by atoms with Crippen molar-refractivity contribution >= 4 is 17.5 Å². The van der Waals surface area contributed by atoms with Gasteiger partial charge in [0.25, 0.3) is 0 Å². The summed E-state index contributed by atoms with van der Waals surface area (Å²) in [5.74, 6) is -0.609. The van der Waals surface area contributed by atoms with E-state index in [1.807, 2.05) is 11.8 Å². The Morgan fingerprint density at radius 2 is 1.79 bits per heavy atom. The molecule has 236 valence electrons. The van der Waals surface area contributed by atoms with Crippen LogP contribution in [0.2, 0.25) is 0 Å². The summed E-state index contributed by atoms with van der Waals surface area (Å²) in [4.78, 5) is 47.0. The fraction of sp³-hybridized carbons (Fsp3) is 0.833. The van der Waals surface area contributed by atoms with Gasteiger partial charge in [-0.05, 0) is 74.2 Å². The highest BCUT2D eigenvalue weighted by Crippen LogP contribution is 2.67. The van der Waals surface area contributed by atoms with E-state index in [0.29, 0.717) is 45.2 Å². The second kappa shape index (κ2) is 12.3. The lowest BCUT2D eigenvalue weighted by atomic mass is 9.45. The first-order chi connectivity index (χ1) is 19.9. The topological polar surface area (TPSA) is 160 Å². The van der Waals surface area contributed by atoms with Crippen molar-refractivity contribution in [2.75, 3.05) is 52.5 Å². The molecule has 1 aliphatic heterocycles. The van der Waals surface area contributed by atoms with E-state index in [2.05, 4.69) is 16.7 Å². The largest absolute Gasteiger partial charge is 0.457 e. The number of nitrogens with zero attached hydrogens (tertiary/aromatic N) is 3. The Hall–Kier alpha value is -1.77. The average Bonchev–Trinajstić information content (AvgIpc) is 3.21. The van der Waals surface area contributed by atoms with Gasteiger partial charge in [-0.1, -0.05) is 19.4 Å². The number of rotatable bonds is 10. The summed E-state index contributed by atoms with van der Waals surface area (Å²) < 4.78 is 5.39. The standard InChI is InChI=1S/C30H47N3O9/c1-28-8-6-21(34)16-20(28)4-5-22-23-7-9-30(38,29(23,2)17-24(35)27(22)28)25(36)19-41-26(37)18-32-13-11-31(12-14-32)10-3-15-42-33(39)40/h16,22-24,27,35,38-40H,3-15,17-19H2,1-2H3/t22?,23?,24-,27?,28-,29-,30-/m0/s1. The van der Waals surface area contributed by atoms with Crippen molar-refractivity contribution in [2.24, 2.45) is 28.6 Å². The lowest BCUT2D eigenvalue weighted by Gasteiger charge is -2.60. The molecule has 42 heavy (non-hydrogen) atoms. The second-order valence-corrected chi connectivity index (χ2v) is 13.6. The maximum absolute atomic E-state index is 13.5. The van der Waals surface area contributed by atoms with E-state index in [1.165, 1.54) is 0 Å². The summed E-state index contributed by atoms with van der Waals surface area (Å²) in [6.45, 7) is 7.39.